The molecule has 0 bridgehead atoms. The second-order valence-corrected chi connectivity index (χ2v) is 8.77. The minimum atomic E-state index is -0.545. The largest absolute Gasteiger partial charge is 0.421 e. The fourth-order valence-corrected chi connectivity index (χ4v) is 4.56. The Balaban J connectivity index is 1.54. The van der Waals surface area contributed by atoms with Gasteiger partial charge in [0.05, 0.1) is 28.6 Å². The molecule has 0 aliphatic carbocycles. The number of aromatic nitrogens is 7. The molecule has 0 N–H and O–H groups in total. The van der Waals surface area contributed by atoms with Gasteiger partial charge in [-0.2, -0.15) is 0 Å². The molecule has 0 aliphatic heterocycles. The Morgan fingerprint density at radius 2 is 1.76 bits per heavy atom. The second kappa shape index (κ2) is 9.01. The van der Waals surface area contributed by atoms with E-state index in [0.717, 1.165) is 39.2 Å². The van der Waals surface area contributed by atoms with Crippen molar-refractivity contribution in [3.8, 4) is 46.5 Å². The molecule has 0 atom stereocenters. The van der Waals surface area contributed by atoms with Crippen LogP contribution in [0.4, 0.5) is 4.39 Å². The van der Waals surface area contributed by atoms with Crippen LogP contribution in [0.25, 0.3) is 44.5 Å². The van der Waals surface area contributed by atoms with Crippen molar-refractivity contribution < 1.29 is 9.13 Å². The van der Waals surface area contributed by atoms with Crippen LogP contribution in [0.5, 0.6) is 11.8 Å². The van der Waals surface area contributed by atoms with Crippen molar-refractivity contribution in [2.75, 3.05) is 0 Å². The third-order valence-corrected chi connectivity index (χ3v) is 6.31. The van der Waals surface area contributed by atoms with Crippen molar-refractivity contribution in [3.63, 3.8) is 0 Å². The smallest absolute Gasteiger partial charge is 0.322 e. The summed E-state index contributed by atoms with van der Waals surface area (Å²) in [7, 11) is 1.92. The topological polar surface area (TPSA) is 91.5 Å². The number of hydrogen-bond donors (Lipinski definition) is 0. The number of halogens is 1. The zero-order valence-corrected chi connectivity index (χ0v) is 20.8. The molecule has 0 unspecified atom stereocenters. The number of aryl methyl sites for hydroxylation is 3. The highest BCUT2D eigenvalue weighted by atomic mass is 19.1. The van der Waals surface area contributed by atoms with Crippen LogP contribution in [-0.2, 0) is 7.05 Å². The number of rotatable bonds is 4. The Kier molecular flexibility index (Phi) is 5.50. The number of nitrogens with zero attached hydrogens (tertiary/aromatic N) is 7. The van der Waals surface area contributed by atoms with Crippen molar-refractivity contribution in [1.29, 1.82) is 0 Å². The van der Waals surface area contributed by atoms with Crippen molar-refractivity contribution >= 4 is 22.1 Å². The Morgan fingerprint density at radius 3 is 2.55 bits per heavy atom. The summed E-state index contributed by atoms with van der Waals surface area (Å²) < 4.78 is 23.0. The quantitative estimate of drug-likeness (QED) is 0.292. The van der Waals surface area contributed by atoms with Crippen molar-refractivity contribution in [3.05, 3.63) is 84.1 Å². The molecule has 4 heterocycles. The second-order valence-electron chi connectivity index (χ2n) is 8.77. The van der Waals surface area contributed by atoms with E-state index in [-0.39, 0.29) is 11.8 Å². The van der Waals surface area contributed by atoms with Gasteiger partial charge in [0.25, 0.3) is 0 Å². The first-order valence-corrected chi connectivity index (χ1v) is 11.7. The van der Waals surface area contributed by atoms with E-state index in [1.165, 1.54) is 12.4 Å². The van der Waals surface area contributed by atoms with E-state index in [1.807, 2.05) is 43.7 Å². The minimum Gasteiger partial charge on any atom is -0.421 e. The molecule has 6 rings (SSSR count). The summed E-state index contributed by atoms with van der Waals surface area (Å²) >= 11 is 0. The van der Waals surface area contributed by atoms with E-state index in [9.17, 15) is 0 Å². The highest BCUT2D eigenvalue weighted by Crippen LogP contribution is 2.42. The van der Waals surface area contributed by atoms with E-state index < -0.39 is 5.82 Å². The fourth-order valence-electron chi connectivity index (χ4n) is 4.56. The van der Waals surface area contributed by atoms with Crippen LogP contribution in [0.2, 0.25) is 0 Å². The van der Waals surface area contributed by atoms with Gasteiger partial charge in [-0.3, -0.25) is 4.98 Å². The van der Waals surface area contributed by atoms with Crippen LogP contribution in [0, 0.1) is 32.0 Å². The molecular formula is C29H20FN7O. The van der Waals surface area contributed by atoms with Gasteiger partial charge >= 0.3 is 6.01 Å². The molecule has 184 valence electrons. The van der Waals surface area contributed by atoms with Crippen molar-refractivity contribution in [1.82, 2.24) is 34.5 Å². The first-order chi connectivity index (χ1) is 18.4. The average Bonchev–Trinajstić information content (AvgIpc) is 3.22. The monoisotopic (exact) mass is 501 g/mol. The van der Waals surface area contributed by atoms with Crippen LogP contribution in [0.1, 0.15) is 17.1 Å². The van der Waals surface area contributed by atoms with Crippen molar-refractivity contribution in [2.45, 2.75) is 13.8 Å². The molecule has 0 amide bonds. The third-order valence-electron chi connectivity index (χ3n) is 6.31. The van der Waals surface area contributed by atoms with Gasteiger partial charge < -0.3 is 9.30 Å². The molecule has 2 aromatic carbocycles. The molecular weight excluding hydrogens is 481 g/mol. The summed E-state index contributed by atoms with van der Waals surface area (Å²) in [6.07, 6.45) is 10.1. The molecule has 0 radical (unpaired) electrons. The van der Waals surface area contributed by atoms with Gasteiger partial charge in [-0.15, -0.1) is 6.42 Å². The minimum absolute atomic E-state index is 0.0272. The lowest BCUT2D eigenvalue weighted by atomic mass is 9.97. The summed E-state index contributed by atoms with van der Waals surface area (Å²) in [6, 6.07) is 12.4. The van der Waals surface area contributed by atoms with Crippen molar-refractivity contribution in [2.24, 2.45) is 7.05 Å². The van der Waals surface area contributed by atoms with Gasteiger partial charge in [0.1, 0.15) is 17.7 Å². The Hall–Kier alpha value is -5.23. The molecule has 0 spiro atoms. The average molecular weight is 502 g/mol. The van der Waals surface area contributed by atoms with E-state index >= 15 is 4.39 Å². The maximum Gasteiger partial charge on any atom is 0.322 e. The van der Waals surface area contributed by atoms with Gasteiger partial charge in [-0.1, -0.05) is 12.1 Å². The lowest BCUT2D eigenvalue weighted by Crippen LogP contribution is -1.96. The lowest BCUT2D eigenvalue weighted by molar-refractivity contribution is 0.410. The lowest BCUT2D eigenvalue weighted by Gasteiger charge is -2.11. The standard InChI is InChI=1S/C29H20FN7O/c1-5-20-14-32-23-13-19(6-8-22(23)36-20)27-26(25-17(3)33-15-34-28(25)37(27)4)18-7-9-24(21(30)12-18)38-29-31-11-10-16(2)35-29/h1,6-15H,2-4H3. The fraction of sp³-hybridized carbons (Fsp3) is 0.103. The van der Waals surface area contributed by atoms with E-state index in [4.69, 9.17) is 11.2 Å². The Labute approximate surface area is 217 Å². The number of fused-ring (bicyclic) bond motifs is 2. The van der Waals surface area contributed by atoms with Crippen LogP contribution in [-0.4, -0.2) is 34.5 Å². The summed E-state index contributed by atoms with van der Waals surface area (Å²) in [4.78, 5) is 26.1. The normalized spacial score (nSPS) is 11.1. The zero-order chi connectivity index (χ0) is 26.4. The van der Waals surface area contributed by atoms with Crippen LogP contribution < -0.4 is 4.74 Å². The van der Waals surface area contributed by atoms with E-state index in [2.05, 4.69) is 35.8 Å². The predicted octanol–water partition coefficient (Wildman–Crippen LogP) is 5.57. The van der Waals surface area contributed by atoms with E-state index in [1.54, 1.807) is 30.6 Å². The molecule has 0 aliphatic rings. The molecule has 38 heavy (non-hydrogen) atoms. The highest BCUT2D eigenvalue weighted by Gasteiger charge is 2.23. The van der Waals surface area contributed by atoms with Gasteiger partial charge in [0.15, 0.2) is 11.6 Å². The SMILES string of the molecule is C#Cc1cnc2cc(-c3c(-c4ccc(Oc5nccc(C)n5)c(F)c4)c4c(C)ncnc4n3C)ccc2n1. The molecule has 9 heteroatoms. The highest BCUT2D eigenvalue weighted by molar-refractivity contribution is 6.05. The molecule has 6 aromatic rings. The van der Waals surface area contributed by atoms with Gasteiger partial charge in [-0.25, -0.2) is 29.3 Å². The van der Waals surface area contributed by atoms with Crippen LogP contribution in [0.15, 0.2) is 61.2 Å². The summed E-state index contributed by atoms with van der Waals surface area (Å²) in [5.41, 5.74) is 7.21. The Bertz CT molecular complexity index is 1920. The Morgan fingerprint density at radius 1 is 0.921 bits per heavy atom. The molecule has 0 fully saturated rings. The van der Waals surface area contributed by atoms with Gasteiger partial charge in [0.2, 0.25) is 0 Å². The number of ether oxygens (including phenoxy) is 1. The number of terminal acetylenes is 1. The molecule has 4 aromatic heterocycles. The van der Waals surface area contributed by atoms with Crippen LogP contribution >= 0.6 is 0 Å². The van der Waals surface area contributed by atoms with Gasteiger partial charge in [0, 0.05) is 35.5 Å². The number of hydrogen-bond acceptors (Lipinski definition) is 7. The van der Waals surface area contributed by atoms with Gasteiger partial charge in [-0.05, 0) is 55.7 Å². The molecule has 0 saturated heterocycles. The molecule has 8 nitrogen and oxygen atoms in total. The summed E-state index contributed by atoms with van der Waals surface area (Å²) in [5.74, 6) is 1.99. The number of benzene rings is 2. The third kappa shape index (κ3) is 3.89. The summed E-state index contributed by atoms with van der Waals surface area (Å²) in [6.45, 7) is 3.72. The molecule has 0 saturated carbocycles. The maximum atomic E-state index is 15.4. The van der Waals surface area contributed by atoms with Crippen LogP contribution in [0.3, 0.4) is 0 Å². The maximum absolute atomic E-state index is 15.4. The predicted molar refractivity (Wildman–Crippen MR) is 142 cm³/mol. The zero-order valence-electron chi connectivity index (χ0n) is 20.8. The van der Waals surface area contributed by atoms with E-state index in [0.29, 0.717) is 22.3 Å². The summed E-state index contributed by atoms with van der Waals surface area (Å²) in [5, 5.41) is 0.828. The first-order valence-electron chi connectivity index (χ1n) is 11.7. The first kappa shape index (κ1) is 23.2.